The number of hydrogen-bond donors (Lipinski definition) is 3. The Labute approximate surface area is 95.2 Å². The summed E-state index contributed by atoms with van der Waals surface area (Å²) in [6, 6.07) is 4.28. The first-order chi connectivity index (χ1) is 7.30. The Balaban J connectivity index is 3.04. The third-order valence-electron chi connectivity index (χ3n) is 1.93. The molecule has 0 atom stereocenters. The summed E-state index contributed by atoms with van der Waals surface area (Å²) in [5.74, 6) is 0. The molecule has 0 aliphatic rings. The van der Waals surface area contributed by atoms with Crippen molar-refractivity contribution in [3.63, 3.8) is 0 Å². The maximum Gasteiger partial charge on any atom is 0.238 e. The van der Waals surface area contributed by atoms with Crippen LogP contribution in [0.2, 0.25) is 0 Å². The minimum absolute atomic E-state index is 0.0333. The second kappa shape index (κ2) is 4.54. The van der Waals surface area contributed by atoms with Crippen LogP contribution in [-0.2, 0) is 10.0 Å². The molecule has 16 heavy (non-hydrogen) atoms. The van der Waals surface area contributed by atoms with Gasteiger partial charge in [0.25, 0.3) is 0 Å². The number of hydrogen-bond acceptors (Lipinski definition) is 4. The lowest BCUT2D eigenvalue weighted by molar-refractivity contribution is 0.598. The highest BCUT2D eigenvalue weighted by Crippen LogP contribution is 2.22. The number of nitrogen functional groups attached to an aromatic ring is 1. The number of primary sulfonamides is 1. The van der Waals surface area contributed by atoms with E-state index in [2.05, 4.69) is 11.9 Å². The quantitative estimate of drug-likeness (QED) is 0.539. The highest BCUT2D eigenvalue weighted by molar-refractivity contribution is 7.89. The normalized spacial score (nSPS) is 11.1. The minimum atomic E-state index is -3.70. The molecule has 5 nitrogen and oxygen atoms in total. The van der Waals surface area contributed by atoms with E-state index in [4.69, 9.17) is 10.9 Å². The average molecular weight is 241 g/mol. The second-order valence-corrected chi connectivity index (χ2v) is 5.17. The summed E-state index contributed by atoms with van der Waals surface area (Å²) in [6.07, 6.45) is 0. The van der Waals surface area contributed by atoms with E-state index in [-0.39, 0.29) is 4.90 Å². The fourth-order valence-electron chi connectivity index (χ4n) is 1.11. The van der Waals surface area contributed by atoms with Gasteiger partial charge in [-0.15, -0.1) is 0 Å². The van der Waals surface area contributed by atoms with Gasteiger partial charge in [-0.3, -0.25) is 0 Å². The molecule has 0 unspecified atom stereocenters. The highest BCUT2D eigenvalue weighted by Gasteiger charge is 2.09. The topological polar surface area (TPSA) is 98.2 Å². The van der Waals surface area contributed by atoms with Crippen LogP contribution in [0.4, 0.5) is 11.4 Å². The number of anilines is 2. The van der Waals surface area contributed by atoms with Crippen molar-refractivity contribution >= 4 is 21.4 Å². The molecule has 1 aromatic carbocycles. The Bertz CT molecular complexity index is 509. The van der Waals surface area contributed by atoms with Crippen LogP contribution in [0.15, 0.2) is 35.2 Å². The highest BCUT2D eigenvalue weighted by atomic mass is 32.2. The van der Waals surface area contributed by atoms with Gasteiger partial charge in [-0.05, 0) is 25.1 Å². The van der Waals surface area contributed by atoms with Crippen LogP contribution in [0.1, 0.15) is 6.92 Å². The van der Waals surface area contributed by atoms with Crippen molar-refractivity contribution in [3.8, 4) is 0 Å². The van der Waals surface area contributed by atoms with Crippen molar-refractivity contribution in [3.05, 3.63) is 30.4 Å². The lowest BCUT2D eigenvalue weighted by atomic mass is 10.2. The zero-order chi connectivity index (χ0) is 12.3. The summed E-state index contributed by atoms with van der Waals surface area (Å²) in [4.78, 5) is 0.0333. The molecule has 0 aliphatic heterocycles. The van der Waals surface area contributed by atoms with Crippen molar-refractivity contribution in [2.75, 3.05) is 17.6 Å². The lowest BCUT2D eigenvalue weighted by Gasteiger charge is -2.10. The van der Waals surface area contributed by atoms with Gasteiger partial charge in [0.05, 0.1) is 16.3 Å². The maximum atomic E-state index is 11.1. The number of nitrogens with two attached hydrogens (primary N) is 2. The van der Waals surface area contributed by atoms with E-state index in [0.29, 0.717) is 17.9 Å². The summed E-state index contributed by atoms with van der Waals surface area (Å²) < 4.78 is 22.3. The van der Waals surface area contributed by atoms with Crippen LogP contribution in [0.5, 0.6) is 0 Å². The Kier molecular flexibility index (Phi) is 3.56. The molecule has 0 aromatic heterocycles. The van der Waals surface area contributed by atoms with Gasteiger partial charge in [-0.2, -0.15) is 0 Å². The first-order valence-electron chi connectivity index (χ1n) is 4.61. The van der Waals surface area contributed by atoms with Crippen molar-refractivity contribution in [2.24, 2.45) is 5.14 Å². The first-order valence-corrected chi connectivity index (χ1v) is 6.16. The molecule has 0 radical (unpaired) electrons. The van der Waals surface area contributed by atoms with Crippen molar-refractivity contribution < 1.29 is 8.42 Å². The van der Waals surface area contributed by atoms with Crippen LogP contribution in [0.25, 0.3) is 0 Å². The number of rotatable bonds is 4. The van der Waals surface area contributed by atoms with Crippen molar-refractivity contribution in [1.82, 2.24) is 0 Å². The van der Waals surface area contributed by atoms with E-state index in [1.165, 1.54) is 18.2 Å². The molecule has 0 saturated heterocycles. The fraction of sp³-hybridized carbons (Fsp3) is 0.200. The van der Waals surface area contributed by atoms with Crippen LogP contribution < -0.4 is 16.2 Å². The predicted molar refractivity (Wildman–Crippen MR) is 65.5 cm³/mol. The zero-order valence-corrected chi connectivity index (χ0v) is 9.84. The molecule has 5 N–H and O–H groups in total. The van der Waals surface area contributed by atoms with E-state index in [0.717, 1.165) is 5.57 Å². The summed E-state index contributed by atoms with van der Waals surface area (Å²) in [5.41, 5.74) is 7.61. The van der Waals surface area contributed by atoms with Gasteiger partial charge in [0.2, 0.25) is 10.0 Å². The average Bonchev–Trinajstić information content (AvgIpc) is 2.14. The maximum absolute atomic E-state index is 11.1. The van der Waals surface area contributed by atoms with Crippen LogP contribution in [0, 0.1) is 0 Å². The molecule has 0 amide bonds. The summed E-state index contributed by atoms with van der Waals surface area (Å²) in [6.45, 7) is 6.10. The van der Waals surface area contributed by atoms with Gasteiger partial charge in [-0.25, -0.2) is 13.6 Å². The fourth-order valence-corrected chi connectivity index (χ4v) is 1.65. The largest absolute Gasteiger partial charge is 0.397 e. The van der Waals surface area contributed by atoms with Gasteiger partial charge in [0, 0.05) is 6.54 Å². The Morgan fingerprint density at radius 1 is 1.50 bits per heavy atom. The molecule has 0 spiro atoms. The van der Waals surface area contributed by atoms with Crippen LogP contribution >= 0.6 is 0 Å². The molecule has 88 valence electrons. The van der Waals surface area contributed by atoms with E-state index in [1.54, 1.807) is 0 Å². The predicted octanol–water partition coefficient (Wildman–Crippen LogP) is 0.904. The smallest absolute Gasteiger partial charge is 0.238 e. The van der Waals surface area contributed by atoms with Crippen molar-refractivity contribution in [2.45, 2.75) is 11.8 Å². The molecule has 1 aromatic rings. The SMILES string of the molecule is C=C(C)CNc1cc(S(N)(=O)=O)ccc1N. The van der Waals surface area contributed by atoms with Crippen LogP contribution in [-0.4, -0.2) is 15.0 Å². The summed E-state index contributed by atoms with van der Waals surface area (Å²) >= 11 is 0. The van der Waals surface area contributed by atoms with Gasteiger partial charge < -0.3 is 11.1 Å². The number of sulfonamides is 1. The lowest BCUT2D eigenvalue weighted by Crippen LogP contribution is -2.13. The molecule has 0 fully saturated rings. The molecular formula is C10H15N3O2S. The standard InChI is InChI=1S/C10H15N3O2S/c1-7(2)6-13-10-5-8(16(12,14)15)3-4-9(10)11/h3-5,13H,1,6,11H2,2H3,(H2,12,14,15). The Morgan fingerprint density at radius 2 is 2.12 bits per heavy atom. The molecule has 1 rings (SSSR count). The van der Waals surface area contributed by atoms with Gasteiger partial charge in [0.1, 0.15) is 0 Å². The second-order valence-electron chi connectivity index (χ2n) is 3.60. The van der Waals surface area contributed by atoms with E-state index in [9.17, 15) is 8.42 Å². The summed E-state index contributed by atoms with van der Waals surface area (Å²) in [5, 5.41) is 8.00. The Hall–Kier alpha value is -1.53. The zero-order valence-electron chi connectivity index (χ0n) is 9.03. The van der Waals surface area contributed by atoms with E-state index < -0.39 is 10.0 Å². The van der Waals surface area contributed by atoms with E-state index >= 15 is 0 Å². The van der Waals surface area contributed by atoms with Crippen molar-refractivity contribution in [1.29, 1.82) is 0 Å². The number of benzene rings is 1. The van der Waals surface area contributed by atoms with Gasteiger partial charge in [0.15, 0.2) is 0 Å². The van der Waals surface area contributed by atoms with Crippen LogP contribution in [0.3, 0.4) is 0 Å². The van der Waals surface area contributed by atoms with Gasteiger partial charge in [-0.1, -0.05) is 12.2 Å². The molecule has 6 heteroatoms. The van der Waals surface area contributed by atoms with E-state index in [1.807, 2.05) is 6.92 Å². The molecular weight excluding hydrogens is 226 g/mol. The third kappa shape index (κ3) is 3.25. The minimum Gasteiger partial charge on any atom is -0.397 e. The monoisotopic (exact) mass is 241 g/mol. The molecule has 0 heterocycles. The first kappa shape index (κ1) is 12.5. The molecule has 0 bridgehead atoms. The van der Waals surface area contributed by atoms with Gasteiger partial charge >= 0.3 is 0 Å². The molecule has 0 aliphatic carbocycles. The third-order valence-corrected chi connectivity index (χ3v) is 2.84. The number of nitrogens with one attached hydrogen (secondary N) is 1. The summed E-state index contributed by atoms with van der Waals surface area (Å²) in [7, 11) is -3.70. The molecule has 0 saturated carbocycles. The Morgan fingerprint density at radius 3 is 2.62 bits per heavy atom.